The summed E-state index contributed by atoms with van der Waals surface area (Å²) in [6.07, 6.45) is 6.83. The summed E-state index contributed by atoms with van der Waals surface area (Å²) >= 11 is 6.03. The largest absolute Gasteiger partial charge is 0.479 e. The Labute approximate surface area is 250 Å². The highest BCUT2D eigenvalue weighted by Crippen LogP contribution is 2.41. The highest BCUT2D eigenvalue weighted by Gasteiger charge is 2.29. The van der Waals surface area contributed by atoms with Crippen molar-refractivity contribution in [1.82, 2.24) is 24.4 Å². The van der Waals surface area contributed by atoms with E-state index in [4.69, 9.17) is 32.2 Å². The van der Waals surface area contributed by atoms with Crippen LogP contribution in [0, 0.1) is 0 Å². The van der Waals surface area contributed by atoms with E-state index in [1.54, 1.807) is 30.5 Å². The van der Waals surface area contributed by atoms with Gasteiger partial charge in [0.1, 0.15) is 17.1 Å². The number of hydrogen-bond acceptors (Lipinski definition) is 8. The van der Waals surface area contributed by atoms with E-state index < -0.39 is 12.0 Å². The molecule has 216 valence electrons. The van der Waals surface area contributed by atoms with Gasteiger partial charge < -0.3 is 18.8 Å². The van der Waals surface area contributed by atoms with Gasteiger partial charge in [0.05, 0.1) is 38.4 Å². The van der Waals surface area contributed by atoms with Crippen molar-refractivity contribution in [2.24, 2.45) is 0 Å². The average molecular weight is 587 g/mol. The molecule has 6 heterocycles. The second-order valence-corrected chi connectivity index (χ2v) is 11.4. The average Bonchev–Trinajstić information content (AvgIpc) is 3.34. The lowest BCUT2D eigenvalue weighted by atomic mass is 9.87. The molecule has 0 spiro atoms. The predicted octanol–water partition coefficient (Wildman–Crippen LogP) is 5.58. The number of nitrogens with zero attached hydrogens (tertiary/aromatic N) is 5. The number of fused-ring (bicyclic) bond motifs is 2. The van der Waals surface area contributed by atoms with Crippen LogP contribution in [0.3, 0.4) is 0 Å². The fourth-order valence-corrected chi connectivity index (χ4v) is 6.04. The molecule has 0 saturated carbocycles. The van der Waals surface area contributed by atoms with Crippen LogP contribution in [-0.2, 0) is 22.6 Å². The van der Waals surface area contributed by atoms with Crippen LogP contribution in [-0.4, -0.2) is 63.3 Å². The number of rotatable bonds is 7. The van der Waals surface area contributed by atoms with Crippen LogP contribution in [0.1, 0.15) is 65.8 Å². The molecule has 0 unspecified atom stereocenters. The molecular formula is C32H32ClN5O4. The van der Waals surface area contributed by atoms with E-state index in [0.717, 1.165) is 67.2 Å². The molecule has 1 aromatic carbocycles. The molecule has 0 N–H and O–H groups in total. The maximum absolute atomic E-state index is 12.2. The monoisotopic (exact) mass is 586 g/mol. The first kappa shape index (κ1) is 25.9. The predicted molar refractivity (Wildman–Crippen MR) is 159 cm³/mol. The Bertz CT molecular complexity index is 1700. The molecule has 7 rings (SSSR count). The number of pyridine rings is 2. The van der Waals surface area contributed by atoms with Gasteiger partial charge in [-0.2, -0.15) is 0 Å². The van der Waals surface area contributed by atoms with Crippen LogP contribution < -0.4 is 4.74 Å². The lowest BCUT2D eigenvalue weighted by Gasteiger charge is -2.34. The lowest BCUT2D eigenvalue weighted by Crippen LogP contribution is -2.35. The van der Waals surface area contributed by atoms with Gasteiger partial charge in [-0.15, -0.1) is 0 Å². The van der Waals surface area contributed by atoms with Crippen molar-refractivity contribution in [3.05, 3.63) is 88.1 Å². The van der Waals surface area contributed by atoms with Gasteiger partial charge in [-0.25, -0.2) is 14.8 Å². The number of ether oxygens (including phenoxy) is 3. The second kappa shape index (κ2) is 11.5. The molecule has 2 atom stereocenters. The topological polar surface area (TPSA) is 91.6 Å². The first-order valence-corrected chi connectivity index (χ1v) is 14.7. The van der Waals surface area contributed by atoms with Gasteiger partial charge >= 0.3 is 5.97 Å². The van der Waals surface area contributed by atoms with Gasteiger partial charge in [0.2, 0.25) is 0 Å². The van der Waals surface area contributed by atoms with E-state index in [9.17, 15) is 4.79 Å². The maximum atomic E-state index is 12.2. The Morgan fingerprint density at radius 3 is 2.74 bits per heavy atom. The maximum Gasteiger partial charge on any atom is 0.356 e. The number of hydrogen-bond donors (Lipinski definition) is 0. The van der Waals surface area contributed by atoms with Crippen molar-refractivity contribution in [1.29, 1.82) is 0 Å². The Morgan fingerprint density at radius 1 is 1.14 bits per heavy atom. The normalized spacial score (nSPS) is 22.7. The van der Waals surface area contributed by atoms with Crippen molar-refractivity contribution in [2.75, 3.05) is 26.8 Å². The van der Waals surface area contributed by atoms with Gasteiger partial charge in [0, 0.05) is 18.4 Å². The molecular weight excluding hydrogens is 554 g/mol. The zero-order chi connectivity index (χ0) is 29.6. The summed E-state index contributed by atoms with van der Waals surface area (Å²) in [6.45, 7) is 3.87. The summed E-state index contributed by atoms with van der Waals surface area (Å²) in [5, 5.41) is 0.522. The minimum absolute atomic E-state index is 0.121. The minimum atomic E-state index is -1.42. The van der Waals surface area contributed by atoms with E-state index >= 15 is 0 Å². The van der Waals surface area contributed by atoms with Crippen LogP contribution in [0.15, 0.2) is 54.7 Å². The summed E-state index contributed by atoms with van der Waals surface area (Å²) in [7, 11) is 1.36. The second-order valence-electron chi connectivity index (χ2n) is 10.9. The number of carbonyl (C=O) groups excluding carboxylic acids is 1. The molecule has 2 saturated heterocycles. The Hall–Kier alpha value is -3.79. The smallest absolute Gasteiger partial charge is 0.356 e. The van der Waals surface area contributed by atoms with Crippen molar-refractivity contribution >= 4 is 34.8 Å². The molecule has 3 aliphatic heterocycles. The minimum Gasteiger partial charge on any atom is -0.479 e. The third-order valence-electron chi connectivity index (χ3n) is 8.32. The Kier molecular flexibility index (Phi) is 7.07. The van der Waals surface area contributed by atoms with Crippen molar-refractivity contribution in [2.45, 2.75) is 50.5 Å². The van der Waals surface area contributed by atoms with E-state index in [0.29, 0.717) is 35.4 Å². The first-order chi connectivity index (χ1) is 20.9. The zero-order valence-corrected chi connectivity index (χ0v) is 24.1. The number of halogens is 1. The number of likely N-dealkylation sites (tertiary alicyclic amines) is 1. The zero-order valence-electron chi connectivity index (χ0n) is 24.3. The van der Waals surface area contributed by atoms with E-state index in [1.165, 1.54) is 7.11 Å². The molecule has 10 heteroatoms. The molecule has 42 heavy (non-hydrogen) atoms. The fourth-order valence-electron chi connectivity index (χ4n) is 5.93. The summed E-state index contributed by atoms with van der Waals surface area (Å²) in [4.78, 5) is 28.5. The number of para-hydroxylation sites is 1. The summed E-state index contributed by atoms with van der Waals surface area (Å²) in [6, 6.07) is 13.2. The molecule has 0 amide bonds. The Balaban J connectivity index is 1.09. The van der Waals surface area contributed by atoms with Crippen LogP contribution in [0.25, 0.3) is 17.2 Å². The van der Waals surface area contributed by atoms with Crippen LogP contribution in [0.5, 0.6) is 5.75 Å². The van der Waals surface area contributed by atoms with E-state index in [2.05, 4.69) is 31.6 Å². The number of methoxy groups -OCH3 is 1. The molecule has 0 bridgehead atoms. The van der Waals surface area contributed by atoms with Gasteiger partial charge in [-0.1, -0.05) is 35.9 Å². The molecule has 4 aromatic rings. The number of esters is 1. The molecule has 3 aliphatic rings. The van der Waals surface area contributed by atoms with Crippen molar-refractivity contribution in [3.8, 4) is 5.75 Å². The van der Waals surface area contributed by atoms with Gasteiger partial charge in [-0.05, 0) is 74.2 Å². The molecule has 0 aliphatic carbocycles. The molecule has 2 fully saturated rings. The fraction of sp³-hybridized carbons (Fsp3) is 0.375. The van der Waals surface area contributed by atoms with Crippen LogP contribution in [0.2, 0.25) is 5.02 Å². The summed E-state index contributed by atoms with van der Waals surface area (Å²) < 4.78 is 28.1. The van der Waals surface area contributed by atoms with E-state index in [1.807, 2.05) is 18.2 Å². The number of aromatic nitrogens is 4. The van der Waals surface area contributed by atoms with Gasteiger partial charge in [0.25, 0.3) is 0 Å². The Morgan fingerprint density at radius 2 is 2.00 bits per heavy atom. The number of imidazole rings is 1. The molecule has 0 radical (unpaired) electrons. The standard InChI is InChI=1S/C32H32ClN5O4/c1-40-32(39)27-9-8-26-31(36-27)38(18-23-13-16-41-23)29(35-26)19-37-14-11-20(12-15-37)24-4-2-3-21-5-10-28(42-30(21)24)25-7-6-22(33)17-34-25/h2-10,17,20,23,28H,11-16,18-19H2,1H3/t23-,28+/m0/s1/i28D. The summed E-state index contributed by atoms with van der Waals surface area (Å²) in [5.41, 5.74) is 4.30. The quantitative estimate of drug-likeness (QED) is 0.259. The molecule has 9 nitrogen and oxygen atoms in total. The molecule has 3 aromatic heterocycles. The van der Waals surface area contributed by atoms with Gasteiger partial charge in [-0.3, -0.25) is 9.88 Å². The van der Waals surface area contributed by atoms with Crippen LogP contribution >= 0.6 is 11.6 Å². The number of benzene rings is 1. The number of piperidine rings is 1. The summed E-state index contributed by atoms with van der Waals surface area (Å²) in [5.74, 6) is 1.50. The first-order valence-electron chi connectivity index (χ1n) is 14.8. The third kappa shape index (κ3) is 5.28. The van der Waals surface area contributed by atoms with Crippen LogP contribution in [0.4, 0.5) is 0 Å². The lowest BCUT2D eigenvalue weighted by molar-refractivity contribution is -0.0593. The number of carbonyl (C=O) groups is 1. The SMILES string of the molecule is [2H][C@]1(c2ccc(Cl)cn2)C=Cc2cccc(C3CCN(Cc4nc5ccc(C(=O)OC)nc5n4C[C@@H]4CCO4)CC3)c2O1. The van der Waals surface area contributed by atoms with E-state index in [-0.39, 0.29) is 11.8 Å². The van der Waals surface area contributed by atoms with Crippen molar-refractivity contribution in [3.63, 3.8) is 0 Å². The van der Waals surface area contributed by atoms with Gasteiger partial charge in [0.15, 0.2) is 17.4 Å². The third-order valence-corrected chi connectivity index (χ3v) is 8.54. The highest BCUT2D eigenvalue weighted by molar-refractivity contribution is 6.30. The van der Waals surface area contributed by atoms with Crippen molar-refractivity contribution < 1.29 is 20.4 Å². The highest BCUT2D eigenvalue weighted by atomic mass is 35.5.